The summed E-state index contributed by atoms with van der Waals surface area (Å²) in [5.41, 5.74) is 6.72. The van der Waals surface area contributed by atoms with E-state index in [0.29, 0.717) is 9.24 Å². The Morgan fingerprint density at radius 3 is 2.70 bits per heavy atom. The Bertz CT molecular complexity index is 568. The monoisotopic (exact) mass is 319 g/mol. The fourth-order valence-corrected chi connectivity index (χ4v) is 3.21. The molecule has 1 aromatic carbocycles. The second kappa shape index (κ2) is 6.11. The van der Waals surface area contributed by atoms with Crippen molar-refractivity contribution < 1.29 is 13.2 Å². The molecule has 1 aromatic heterocycles. The maximum atomic E-state index is 13.1. The van der Waals surface area contributed by atoms with E-state index in [9.17, 15) is 13.2 Å². The van der Waals surface area contributed by atoms with E-state index < -0.39 is 11.7 Å². The van der Waals surface area contributed by atoms with Crippen LogP contribution in [0.4, 0.5) is 13.2 Å². The van der Waals surface area contributed by atoms with Gasteiger partial charge in [-0.3, -0.25) is 0 Å². The Hall–Kier alpha value is -1.12. The first kappa shape index (κ1) is 15.3. The SMILES string of the molecule is CC(N)Cc1ccc(Sc2nncs2)cc1C(F)(F)F. The van der Waals surface area contributed by atoms with Gasteiger partial charge in [0.25, 0.3) is 0 Å². The Kier molecular flexibility index (Phi) is 4.66. The summed E-state index contributed by atoms with van der Waals surface area (Å²) in [5.74, 6) is 0. The minimum atomic E-state index is -4.39. The van der Waals surface area contributed by atoms with Gasteiger partial charge in [-0.25, -0.2) is 0 Å². The average molecular weight is 319 g/mol. The standard InChI is InChI=1S/C12H12F3N3S2/c1-7(16)4-8-2-3-9(5-10(8)12(13,14)15)20-11-18-17-6-19-11/h2-3,5-7H,4,16H2,1H3. The van der Waals surface area contributed by atoms with Crippen LogP contribution < -0.4 is 5.73 Å². The molecule has 1 heterocycles. The number of hydrogen-bond donors (Lipinski definition) is 1. The third-order valence-corrected chi connectivity index (χ3v) is 4.24. The van der Waals surface area contributed by atoms with Gasteiger partial charge in [-0.15, -0.1) is 10.2 Å². The fourth-order valence-electron chi connectivity index (χ4n) is 1.72. The molecule has 1 atom stereocenters. The van der Waals surface area contributed by atoms with Crippen molar-refractivity contribution in [2.24, 2.45) is 5.73 Å². The largest absolute Gasteiger partial charge is 0.416 e. The molecule has 0 aliphatic heterocycles. The molecule has 2 rings (SSSR count). The molecule has 0 fully saturated rings. The zero-order chi connectivity index (χ0) is 14.8. The topological polar surface area (TPSA) is 51.8 Å². The van der Waals surface area contributed by atoms with Gasteiger partial charge in [0.05, 0.1) is 5.56 Å². The molecular formula is C12H12F3N3S2. The highest BCUT2D eigenvalue weighted by Crippen LogP contribution is 2.37. The minimum absolute atomic E-state index is 0.193. The van der Waals surface area contributed by atoms with Crippen molar-refractivity contribution in [3.05, 3.63) is 34.8 Å². The number of aromatic nitrogens is 2. The van der Waals surface area contributed by atoms with Crippen molar-refractivity contribution in [3.8, 4) is 0 Å². The zero-order valence-electron chi connectivity index (χ0n) is 10.5. The molecule has 20 heavy (non-hydrogen) atoms. The summed E-state index contributed by atoms with van der Waals surface area (Å²) >= 11 is 2.45. The number of hydrogen-bond acceptors (Lipinski definition) is 5. The van der Waals surface area contributed by atoms with Crippen molar-refractivity contribution in [1.82, 2.24) is 10.2 Å². The lowest BCUT2D eigenvalue weighted by molar-refractivity contribution is -0.138. The number of benzene rings is 1. The Morgan fingerprint density at radius 2 is 2.15 bits per heavy atom. The van der Waals surface area contributed by atoms with Gasteiger partial charge >= 0.3 is 6.18 Å². The Balaban J connectivity index is 2.33. The molecule has 0 saturated carbocycles. The van der Waals surface area contributed by atoms with E-state index >= 15 is 0 Å². The lowest BCUT2D eigenvalue weighted by atomic mass is 10.0. The van der Waals surface area contributed by atoms with Gasteiger partial charge in [0, 0.05) is 10.9 Å². The summed E-state index contributed by atoms with van der Waals surface area (Å²) in [4.78, 5) is 0.488. The number of nitrogens with two attached hydrogens (primary N) is 1. The van der Waals surface area contributed by atoms with E-state index in [-0.39, 0.29) is 18.0 Å². The molecule has 8 heteroatoms. The molecule has 1 unspecified atom stereocenters. The summed E-state index contributed by atoms with van der Waals surface area (Å²) in [5, 5.41) is 7.46. The first-order valence-electron chi connectivity index (χ1n) is 5.76. The van der Waals surface area contributed by atoms with Crippen molar-refractivity contribution in [2.45, 2.75) is 34.8 Å². The average Bonchev–Trinajstić information content (AvgIpc) is 2.82. The molecule has 108 valence electrons. The number of nitrogens with zero attached hydrogens (tertiary/aromatic N) is 2. The van der Waals surface area contributed by atoms with Crippen LogP contribution in [0.1, 0.15) is 18.1 Å². The fraction of sp³-hybridized carbons (Fsp3) is 0.333. The van der Waals surface area contributed by atoms with Crippen molar-refractivity contribution in [1.29, 1.82) is 0 Å². The van der Waals surface area contributed by atoms with E-state index in [1.54, 1.807) is 13.0 Å². The van der Waals surface area contributed by atoms with Crippen molar-refractivity contribution >= 4 is 23.1 Å². The number of rotatable bonds is 4. The summed E-state index contributed by atoms with van der Waals surface area (Å²) in [6, 6.07) is 3.95. The first-order chi connectivity index (χ1) is 9.36. The van der Waals surface area contributed by atoms with E-state index in [1.165, 1.54) is 34.7 Å². The molecular weight excluding hydrogens is 307 g/mol. The third kappa shape index (κ3) is 3.94. The van der Waals surface area contributed by atoms with E-state index in [0.717, 1.165) is 6.07 Å². The highest BCUT2D eigenvalue weighted by atomic mass is 32.2. The molecule has 2 N–H and O–H groups in total. The second-order valence-electron chi connectivity index (χ2n) is 4.30. The Labute approximate surface area is 122 Å². The van der Waals surface area contributed by atoms with E-state index in [1.807, 2.05) is 0 Å². The summed E-state index contributed by atoms with van der Waals surface area (Å²) in [6.07, 6.45) is -4.19. The van der Waals surface area contributed by atoms with E-state index in [4.69, 9.17) is 5.73 Å². The third-order valence-electron chi connectivity index (χ3n) is 2.47. The molecule has 0 spiro atoms. The predicted molar refractivity (Wildman–Crippen MR) is 72.8 cm³/mol. The van der Waals surface area contributed by atoms with Crippen LogP contribution in [0.5, 0.6) is 0 Å². The van der Waals surface area contributed by atoms with Crippen LogP contribution >= 0.6 is 23.1 Å². The van der Waals surface area contributed by atoms with Crippen molar-refractivity contribution in [2.75, 3.05) is 0 Å². The molecule has 2 aromatic rings. The van der Waals surface area contributed by atoms with Gasteiger partial charge < -0.3 is 5.73 Å². The quantitative estimate of drug-likeness (QED) is 0.935. The number of halogens is 3. The van der Waals surface area contributed by atoms with Crippen LogP contribution in [0.15, 0.2) is 32.9 Å². The van der Waals surface area contributed by atoms with E-state index in [2.05, 4.69) is 10.2 Å². The van der Waals surface area contributed by atoms with Crippen LogP contribution in [0, 0.1) is 0 Å². The van der Waals surface area contributed by atoms with Crippen molar-refractivity contribution in [3.63, 3.8) is 0 Å². The van der Waals surface area contributed by atoms with Gasteiger partial charge in [0.2, 0.25) is 0 Å². The van der Waals surface area contributed by atoms with Crippen LogP contribution in [-0.4, -0.2) is 16.2 Å². The summed E-state index contributed by atoms with van der Waals surface area (Å²) in [7, 11) is 0. The minimum Gasteiger partial charge on any atom is -0.328 e. The van der Waals surface area contributed by atoms with Crippen LogP contribution in [0.3, 0.4) is 0 Å². The molecule has 0 aliphatic rings. The second-order valence-corrected chi connectivity index (χ2v) is 6.46. The Morgan fingerprint density at radius 1 is 1.40 bits per heavy atom. The number of alkyl halides is 3. The van der Waals surface area contributed by atoms with Gasteiger partial charge in [-0.1, -0.05) is 29.2 Å². The molecule has 0 bridgehead atoms. The van der Waals surface area contributed by atoms with Gasteiger partial charge in [-0.05, 0) is 31.0 Å². The molecule has 0 saturated heterocycles. The van der Waals surface area contributed by atoms with Crippen LogP contribution in [0.2, 0.25) is 0 Å². The molecule has 0 aliphatic carbocycles. The lowest BCUT2D eigenvalue weighted by Crippen LogP contribution is -2.20. The van der Waals surface area contributed by atoms with Crippen LogP contribution in [-0.2, 0) is 12.6 Å². The van der Waals surface area contributed by atoms with Gasteiger partial charge in [0.1, 0.15) is 5.51 Å². The smallest absolute Gasteiger partial charge is 0.328 e. The molecule has 0 radical (unpaired) electrons. The lowest BCUT2D eigenvalue weighted by Gasteiger charge is -2.15. The maximum Gasteiger partial charge on any atom is 0.416 e. The highest BCUT2D eigenvalue weighted by molar-refractivity contribution is 8.01. The normalized spacial score (nSPS) is 13.4. The predicted octanol–water partition coefficient (Wildman–Crippen LogP) is 3.60. The highest BCUT2D eigenvalue weighted by Gasteiger charge is 2.33. The van der Waals surface area contributed by atoms with Gasteiger partial charge in [0.15, 0.2) is 4.34 Å². The first-order valence-corrected chi connectivity index (χ1v) is 7.45. The summed E-state index contributed by atoms with van der Waals surface area (Å²) in [6.45, 7) is 1.68. The van der Waals surface area contributed by atoms with Crippen LogP contribution in [0.25, 0.3) is 0 Å². The maximum absolute atomic E-state index is 13.1. The molecule has 3 nitrogen and oxygen atoms in total. The molecule has 0 amide bonds. The summed E-state index contributed by atoms with van der Waals surface area (Å²) < 4.78 is 39.9. The van der Waals surface area contributed by atoms with Gasteiger partial charge in [-0.2, -0.15) is 13.2 Å². The zero-order valence-corrected chi connectivity index (χ0v) is 12.1.